The van der Waals surface area contributed by atoms with Crippen molar-refractivity contribution in [2.24, 2.45) is 0 Å². The molecule has 2 aromatic rings. The Balaban J connectivity index is 0.000000422. The maximum Gasteiger partial charge on any atom is 0.303 e. The normalized spacial score (nSPS) is 9.41. The smallest absolute Gasteiger partial charge is 0.303 e. The third kappa shape index (κ3) is 6.22. The summed E-state index contributed by atoms with van der Waals surface area (Å²) < 4.78 is 18.3. The van der Waals surface area contributed by atoms with Crippen molar-refractivity contribution >= 4 is 11.5 Å². The number of ether oxygens (including phenoxy) is 1. The first kappa shape index (κ1) is 17.4. The first-order valence-corrected chi connectivity index (χ1v) is 6.83. The predicted octanol–water partition coefficient (Wildman–Crippen LogP) is 5.13. The molecule has 3 nitrogen and oxygen atoms in total. The molecular formula is C18H19FO3. The summed E-state index contributed by atoms with van der Waals surface area (Å²) in [7, 11) is 0. The van der Waals surface area contributed by atoms with Crippen molar-refractivity contribution in [3.63, 3.8) is 0 Å². The molecule has 0 saturated heterocycles. The maximum atomic E-state index is 12.7. The minimum absolute atomic E-state index is 0.222. The first-order valence-electron chi connectivity index (χ1n) is 6.83. The van der Waals surface area contributed by atoms with Crippen LogP contribution in [0.5, 0.6) is 11.5 Å². The second kappa shape index (κ2) is 8.62. The Hall–Kier alpha value is -2.62. The van der Waals surface area contributed by atoms with Crippen molar-refractivity contribution in [1.29, 1.82) is 0 Å². The number of benzene rings is 2. The van der Waals surface area contributed by atoms with Gasteiger partial charge in [-0.2, -0.15) is 0 Å². The molecule has 22 heavy (non-hydrogen) atoms. The molecule has 4 heteroatoms. The standard InChI is InChI=1S/C15H13FO.C3H6O2/c1-11(2)12-3-7-14(8-4-12)17-15-9-5-13(16)6-10-15;1-2-3(4)5/h3-10H,1H2,2H3;2H2,1H3,(H,4,5). The minimum atomic E-state index is -0.745. The second-order valence-electron chi connectivity index (χ2n) is 4.61. The Kier molecular flexibility index (Phi) is 6.83. The molecule has 0 bridgehead atoms. The van der Waals surface area contributed by atoms with Gasteiger partial charge in [-0.1, -0.05) is 31.2 Å². The number of carboxylic acid groups (broad SMARTS) is 1. The van der Waals surface area contributed by atoms with Crippen LogP contribution in [0.25, 0.3) is 5.57 Å². The molecule has 2 rings (SSSR count). The highest BCUT2D eigenvalue weighted by Crippen LogP contribution is 2.23. The van der Waals surface area contributed by atoms with Crippen molar-refractivity contribution in [1.82, 2.24) is 0 Å². The average molecular weight is 302 g/mol. The molecule has 2 aromatic carbocycles. The van der Waals surface area contributed by atoms with E-state index in [0.29, 0.717) is 5.75 Å². The zero-order chi connectivity index (χ0) is 16.5. The van der Waals surface area contributed by atoms with E-state index in [0.717, 1.165) is 16.9 Å². The molecule has 0 radical (unpaired) electrons. The lowest BCUT2D eigenvalue weighted by molar-refractivity contribution is -0.136. The highest BCUT2D eigenvalue weighted by Gasteiger charge is 1.98. The van der Waals surface area contributed by atoms with E-state index in [2.05, 4.69) is 6.58 Å². The van der Waals surface area contributed by atoms with Crippen molar-refractivity contribution in [2.45, 2.75) is 20.3 Å². The number of rotatable bonds is 4. The fourth-order valence-electron chi connectivity index (χ4n) is 1.45. The Morgan fingerprint density at radius 3 is 1.86 bits per heavy atom. The fourth-order valence-corrected chi connectivity index (χ4v) is 1.45. The van der Waals surface area contributed by atoms with E-state index in [1.165, 1.54) is 12.1 Å². The van der Waals surface area contributed by atoms with Gasteiger partial charge in [-0.15, -0.1) is 0 Å². The summed E-state index contributed by atoms with van der Waals surface area (Å²) in [5.74, 6) is 0.330. The second-order valence-corrected chi connectivity index (χ2v) is 4.61. The van der Waals surface area contributed by atoms with Gasteiger partial charge in [0, 0.05) is 6.42 Å². The minimum Gasteiger partial charge on any atom is -0.481 e. The molecule has 0 heterocycles. The lowest BCUT2D eigenvalue weighted by Crippen LogP contribution is -1.86. The molecule has 0 spiro atoms. The SMILES string of the molecule is C=C(C)c1ccc(Oc2ccc(F)cc2)cc1.CCC(=O)O. The zero-order valence-corrected chi connectivity index (χ0v) is 12.7. The fraction of sp³-hybridized carbons (Fsp3) is 0.167. The van der Waals surface area contributed by atoms with Gasteiger partial charge in [0.1, 0.15) is 17.3 Å². The Labute approximate surface area is 129 Å². The van der Waals surface area contributed by atoms with E-state index in [1.807, 2.05) is 31.2 Å². The number of hydrogen-bond donors (Lipinski definition) is 1. The van der Waals surface area contributed by atoms with Crippen molar-refractivity contribution in [2.75, 3.05) is 0 Å². The molecule has 0 atom stereocenters. The quantitative estimate of drug-likeness (QED) is 0.851. The average Bonchev–Trinajstić information content (AvgIpc) is 2.50. The molecule has 116 valence electrons. The molecule has 0 aliphatic rings. The predicted molar refractivity (Wildman–Crippen MR) is 85.6 cm³/mol. The van der Waals surface area contributed by atoms with Crippen LogP contribution in [0, 0.1) is 5.82 Å². The van der Waals surface area contributed by atoms with E-state index in [9.17, 15) is 9.18 Å². The summed E-state index contributed by atoms with van der Waals surface area (Å²) in [5.41, 5.74) is 2.09. The Bertz CT molecular complexity index is 616. The highest BCUT2D eigenvalue weighted by molar-refractivity contribution is 5.66. The van der Waals surface area contributed by atoms with Gasteiger partial charge in [-0.3, -0.25) is 4.79 Å². The summed E-state index contributed by atoms with van der Waals surface area (Å²) in [4.78, 5) is 9.37. The Morgan fingerprint density at radius 1 is 1.09 bits per heavy atom. The zero-order valence-electron chi connectivity index (χ0n) is 12.7. The summed E-state index contributed by atoms with van der Waals surface area (Å²) in [6.07, 6.45) is 0.222. The summed E-state index contributed by atoms with van der Waals surface area (Å²) in [5, 5.41) is 7.72. The van der Waals surface area contributed by atoms with Crippen LogP contribution in [-0.2, 0) is 4.79 Å². The van der Waals surface area contributed by atoms with E-state index < -0.39 is 5.97 Å². The third-order valence-corrected chi connectivity index (χ3v) is 2.70. The maximum absolute atomic E-state index is 12.7. The molecule has 0 unspecified atom stereocenters. The largest absolute Gasteiger partial charge is 0.481 e. The van der Waals surface area contributed by atoms with E-state index >= 15 is 0 Å². The van der Waals surface area contributed by atoms with Gasteiger partial charge >= 0.3 is 5.97 Å². The number of carboxylic acids is 1. The molecule has 0 amide bonds. The van der Waals surface area contributed by atoms with Crippen LogP contribution < -0.4 is 4.74 Å². The van der Waals surface area contributed by atoms with Gasteiger partial charge in [-0.05, 0) is 48.9 Å². The lowest BCUT2D eigenvalue weighted by Gasteiger charge is -2.06. The molecule has 0 fully saturated rings. The van der Waals surface area contributed by atoms with Crippen LogP contribution in [0.1, 0.15) is 25.8 Å². The molecule has 0 saturated carbocycles. The third-order valence-electron chi connectivity index (χ3n) is 2.70. The van der Waals surface area contributed by atoms with Gasteiger partial charge in [0.2, 0.25) is 0 Å². The monoisotopic (exact) mass is 302 g/mol. The van der Waals surface area contributed by atoms with Crippen LogP contribution >= 0.6 is 0 Å². The summed E-state index contributed by atoms with van der Waals surface area (Å²) >= 11 is 0. The summed E-state index contributed by atoms with van der Waals surface area (Å²) in [6, 6.07) is 13.6. The topological polar surface area (TPSA) is 46.5 Å². The molecule has 0 aromatic heterocycles. The van der Waals surface area contributed by atoms with Gasteiger partial charge in [0.05, 0.1) is 0 Å². The van der Waals surface area contributed by atoms with Gasteiger partial charge in [0.15, 0.2) is 0 Å². The van der Waals surface area contributed by atoms with Crippen molar-refractivity contribution in [3.05, 3.63) is 66.5 Å². The van der Waals surface area contributed by atoms with Gasteiger partial charge in [0.25, 0.3) is 0 Å². The Morgan fingerprint density at radius 2 is 1.50 bits per heavy atom. The number of aliphatic carboxylic acids is 1. The highest BCUT2D eigenvalue weighted by atomic mass is 19.1. The number of halogens is 1. The number of allylic oxidation sites excluding steroid dienone is 1. The van der Waals surface area contributed by atoms with Crippen molar-refractivity contribution < 1.29 is 19.0 Å². The van der Waals surface area contributed by atoms with Crippen LogP contribution in [0.3, 0.4) is 0 Å². The van der Waals surface area contributed by atoms with E-state index in [1.54, 1.807) is 19.1 Å². The molecule has 0 aliphatic heterocycles. The van der Waals surface area contributed by atoms with Crippen LogP contribution in [0.2, 0.25) is 0 Å². The first-order chi connectivity index (χ1) is 10.4. The number of hydrogen-bond acceptors (Lipinski definition) is 2. The van der Waals surface area contributed by atoms with Crippen molar-refractivity contribution in [3.8, 4) is 11.5 Å². The molecule has 1 N–H and O–H groups in total. The summed E-state index contributed by atoms with van der Waals surface area (Å²) in [6.45, 7) is 7.42. The van der Waals surface area contributed by atoms with Gasteiger partial charge < -0.3 is 9.84 Å². The van der Waals surface area contributed by atoms with E-state index in [-0.39, 0.29) is 12.2 Å². The van der Waals surface area contributed by atoms with Gasteiger partial charge in [-0.25, -0.2) is 4.39 Å². The van der Waals surface area contributed by atoms with Crippen LogP contribution in [0.4, 0.5) is 4.39 Å². The van der Waals surface area contributed by atoms with Crippen LogP contribution in [-0.4, -0.2) is 11.1 Å². The number of carbonyl (C=O) groups is 1. The molecule has 0 aliphatic carbocycles. The lowest BCUT2D eigenvalue weighted by atomic mass is 10.1. The van der Waals surface area contributed by atoms with E-state index in [4.69, 9.17) is 9.84 Å². The van der Waals surface area contributed by atoms with Crippen LogP contribution in [0.15, 0.2) is 55.1 Å². The molecular weight excluding hydrogens is 283 g/mol.